The Bertz CT molecular complexity index is 1320. The number of benzene rings is 3. The maximum absolute atomic E-state index is 10.3. The van der Waals surface area contributed by atoms with Crippen LogP contribution < -0.4 is 14.5 Å². The van der Waals surface area contributed by atoms with Crippen LogP contribution >= 0.6 is 0 Å². The number of ether oxygens (including phenoxy) is 2. The van der Waals surface area contributed by atoms with Gasteiger partial charge in [0.15, 0.2) is 23.0 Å². The highest BCUT2D eigenvalue weighted by Gasteiger charge is 2.44. The third-order valence-electron chi connectivity index (χ3n) is 7.04. The molecule has 5 rings (SSSR count). The van der Waals surface area contributed by atoms with Gasteiger partial charge in [-0.2, -0.15) is 5.10 Å². The van der Waals surface area contributed by atoms with Crippen molar-refractivity contribution < 1.29 is 19.7 Å². The van der Waals surface area contributed by atoms with E-state index in [-0.39, 0.29) is 23.5 Å². The number of likely N-dealkylation sites (tertiary alicyclic amines) is 1. The van der Waals surface area contributed by atoms with E-state index >= 15 is 0 Å². The number of rotatable bonds is 7. The Hall–Kier alpha value is -3.97. The van der Waals surface area contributed by atoms with Crippen LogP contribution in [0.25, 0.3) is 6.08 Å². The fourth-order valence-corrected chi connectivity index (χ4v) is 5.37. The third-order valence-corrected chi connectivity index (χ3v) is 7.04. The number of hydrogen-bond acceptors (Lipinski definition) is 7. The molecule has 2 atom stereocenters. The molecule has 192 valence electrons. The maximum atomic E-state index is 10.3. The highest BCUT2D eigenvalue weighted by molar-refractivity contribution is 6.09. The Morgan fingerprint density at radius 2 is 1.65 bits per heavy atom. The van der Waals surface area contributed by atoms with Crippen molar-refractivity contribution in [1.29, 1.82) is 0 Å². The monoisotopic (exact) mass is 499 g/mol. The van der Waals surface area contributed by atoms with Gasteiger partial charge in [-0.25, -0.2) is 0 Å². The summed E-state index contributed by atoms with van der Waals surface area (Å²) in [6.45, 7) is 4.85. The van der Waals surface area contributed by atoms with Crippen LogP contribution in [0, 0.1) is 5.92 Å². The molecule has 2 aliphatic rings. The van der Waals surface area contributed by atoms with Gasteiger partial charge in [-0.05, 0) is 72.1 Å². The molecular formula is C30H33N3O4. The van der Waals surface area contributed by atoms with Crippen molar-refractivity contribution in [3.63, 3.8) is 0 Å². The second-order valence-electron chi connectivity index (χ2n) is 9.48. The molecule has 2 heterocycles. The van der Waals surface area contributed by atoms with Crippen LogP contribution in [-0.2, 0) is 0 Å². The van der Waals surface area contributed by atoms with Gasteiger partial charge in [0.2, 0.25) is 0 Å². The van der Waals surface area contributed by atoms with Crippen molar-refractivity contribution in [2.45, 2.75) is 19.4 Å². The van der Waals surface area contributed by atoms with Gasteiger partial charge in [-0.1, -0.05) is 37.3 Å². The van der Waals surface area contributed by atoms with E-state index in [1.54, 1.807) is 26.4 Å². The second kappa shape index (κ2) is 10.6. The van der Waals surface area contributed by atoms with Crippen molar-refractivity contribution >= 4 is 17.5 Å². The molecular weight excluding hydrogens is 466 g/mol. The number of aromatic hydroxyl groups is 2. The van der Waals surface area contributed by atoms with Gasteiger partial charge in [0.1, 0.15) is 0 Å². The van der Waals surface area contributed by atoms with Gasteiger partial charge in [0, 0.05) is 19.0 Å². The summed E-state index contributed by atoms with van der Waals surface area (Å²) in [5.74, 6) is 1.25. The molecule has 1 fully saturated rings. The van der Waals surface area contributed by atoms with E-state index in [0.717, 1.165) is 54.2 Å². The van der Waals surface area contributed by atoms with Gasteiger partial charge in [-0.15, -0.1) is 0 Å². The molecule has 0 amide bonds. The lowest BCUT2D eigenvalue weighted by Crippen LogP contribution is -2.44. The first-order chi connectivity index (χ1) is 18.0. The van der Waals surface area contributed by atoms with E-state index in [0.29, 0.717) is 11.5 Å². The molecule has 0 spiro atoms. The smallest absolute Gasteiger partial charge is 0.161 e. The van der Waals surface area contributed by atoms with Crippen molar-refractivity contribution in [2.24, 2.45) is 11.0 Å². The van der Waals surface area contributed by atoms with E-state index < -0.39 is 0 Å². The molecule has 2 unspecified atom stereocenters. The predicted octanol–water partition coefficient (Wildman–Crippen LogP) is 5.46. The normalized spacial score (nSPS) is 20.6. The number of hydrazone groups is 1. The lowest BCUT2D eigenvalue weighted by molar-refractivity contribution is 0.253. The summed E-state index contributed by atoms with van der Waals surface area (Å²) < 4.78 is 10.8. The molecule has 0 aliphatic carbocycles. The van der Waals surface area contributed by atoms with Gasteiger partial charge in [0.25, 0.3) is 0 Å². The summed E-state index contributed by atoms with van der Waals surface area (Å²) in [4.78, 5) is 2.48. The number of phenolic OH excluding ortho intramolecular Hbond substituents is 2. The quantitative estimate of drug-likeness (QED) is 0.450. The Morgan fingerprint density at radius 1 is 0.946 bits per heavy atom. The molecule has 7 nitrogen and oxygen atoms in total. The summed E-state index contributed by atoms with van der Waals surface area (Å²) in [7, 11) is 3.13. The van der Waals surface area contributed by atoms with E-state index in [9.17, 15) is 10.2 Å². The number of hydrogen-bond donors (Lipinski definition) is 2. The van der Waals surface area contributed by atoms with Gasteiger partial charge in [-0.3, -0.25) is 9.91 Å². The van der Waals surface area contributed by atoms with Crippen molar-refractivity contribution in [3.05, 3.63) is 83.4 Å². The minimum absolute atomic E-state index is 0.0655. The number of piperidine rings is 1. The number of methoxy groups -OCH3 is 2. The Kier molecular flexibility index (Phi) is 7.06. The van der Waals surface area contributed by atoms with Gasteiger partial charge < -0.3 is 19.7 Å². The average Bonchev–Trinajstić information content (AvgIpc) is 3.30. The predicted molar refractivity (Wildman–Crippen MR) is 147 cm³/mol. The van der Waals surface area contributed by atoms with Crippen LogP contribution in [0.3, 0.4) is 0 Å². The van der Waals surface area contributed by atoms with Crippen molar-refractivity contribution in [1.82, 2.24) is 4.90 Å². The molecule has 3 aromatic rings. The molecule has 2 N–H and O–H groups in total. The molecule has 7 heteroatoms. The molecule has 0 saturated carbocycles. The number of nitrogens with zero attached hydrogens (tertiary/aromatic N) is 3. The summed E-state index contributed by atoms with van der Waals surface area (Å²) >= 11 is 0. The number of phenols is 2. The standard InChI is InChI=1S/C30H33N3O4/c1-4-14-32-18-22(15-20-10-12-25(34)27(16-20)36-2)29-24(19-32)30(21-11-13-26(35)28(17-21)37-3)33(31-29)23-8-6-5-7-9-23/h5-13,15-17,24,30,34-35H,4,14,18-19H2,1-3H3/b22-15+. The summed E-state index contributed by atoms with van der Waals surface area (Å²) in [5, 5.41) is 27.7. The molecule has 0 radical (unpaired) electrons. The molecule has 0 bridgehead atoms. The largest absolute Gasteiger partial charge is 0.504 e. The molecule has 2 aliphatic heterocycles. The zero-order valence-corrected chi connectivity index (χ0v) is 21.5. The molecule has 0 aromatic heterocycles. The van der Waals surface area contributed by atoms with Gasteiger partial charge in [0.05, 0.1) is 31.7 Å². The van der Waals surface area contributed by atoms with Crippen LogP contribution in [0.5, 0.6) is 23.0 Å². The van der Waals surface area contributed by atoms with Crippen LogP contribution in [0.4, 0.5) is 5.69 Å². The zero-order valence-electron chi connectivity index (χ0n) is 21.5. The van der Waals surface area contributed by atoms with Crippen LogP contribution in [0.2, 0.25) is 0 Å². The molecule has 37 heavy (non-hydrogen) atoms. The van der Waals surface area contributed by atoms with E-state index in [2.05, 4.69) is 35.0 Å². The van der Waals surface area contributed by atoms with E-state index in [1.165, 1.54) is 0 Å². The minimum atomic E-state index is -0.0655. The summed E-state index contributed by atoms with van der Waals surface area (Å²) in [6, 6.07) is 21.1. The number of para-hydroxylation sites is 1. The van der Waals surface area contributed by atoms with E-state index in [4.69, 9.17) is 14.6 Å². The van der Waals surface area contributed by atoms with Crippen molar-refractivity contribution in [2.75, 3.05) is 38.9 Å². The average molecular weight is 500 g/mol. The maximum Gasteiger partial charge on any atom is 0.161 e. The fraction of sp³-hybridized carbons (Fsp3) is 0.300. The Morgan fingerprint density at radius 3 is 2.35 bits per heavy atom. The lowest BCUT2D eigenvalue weighted by atomic mass is 9.82. The zero-order chi connectivity index (χ0) is 25.9. The highest BCUT2D eigenvalue weighted by atomic mass is 16.5. The van der Waals surface area contributed by atoms with Gasteiger partial charge >= 0.3 is 0 Å². The first kappa shape index (κ1) is 24.7. The topological polar surface area (TPSA) is 77.8 Å². The second-order valence-corrected chi connectivity index (χ2v) is 9.48. The van der Waals surface area contributed by atoms with Crippen LogP contribution in [0.15, 0.2) is 77.4 Å². The SMILES string of the molecule is CCCN1C/C(=C\c2ccc(O)c(OC)c2)C2=NN(c3ccccc3)C(c3ccc(O)c(OC)c3)C2C1. The molecule has 1 saturated heterocycles. The van der Waals surface area contributed by atoms with Crippen LogP contribution in [0.1, 0.15) is 30.5 Å². The Balaban J connectivity index is 1.63. The summed E-state index contributed by atoms with van der Waals surface area (Å²) in [5.41, 5.74) is 5.19. The summed E-state index contributed by atoms with van der Waals surface area (Å²) in [6.07, 6.45) is 3.21. The van der Waals surface area contributed by atoms with Crippen LogP contribution in [-0.4, -0.2) is 54.7 Å². The fourth-order valence-electron chi connectivity index (χ4n) is 5.37. The van der Waals surface area contributed by atoms with Crippen molar-refractivity contribution in [3.8, 4) is 23.0 Å². The first-order valence-electron chi connectivity index (χ1n) is 12.6. The third kappa shape index (κ3) is 4.87. The Labute approximate surface area is 217 Å². The highest BCUT2D eigenvalue weighted by Crippen LogP contribution is 2.45. The number of fused-ring (bicyclic) bond motifs is 1. The first-order valence-corrected chi connectivity index (χ1v) is 12.6. The molecule has 3 aromatic carbocycles. The number of anilines is 1. The van der Waals surface area contributed by atoms with E-state index in [1.807, 2.05) is 42.5 Å². The minimum Gasteiger partial charge on any atom is -0.504 e. The lowest BCUT2D eigenvalue weighted by Gasteiger charge is -2.36.